The van der Waals surface area contributed by atoms with Crippen LogP contribution in [0, 0.1) is 0 Å². The summed E-state index contributed by atoms with van der Waals surface area (Å²) >= 11 is 0. The first-order valence-corrected chi connectivity index (χ1v) is 7.70. The fourth-order valence-corrected chi connectivity index (χ4v) is 2.44. The van der Waals surface area contributed by atoms with E-state index >= 15 is 0 Å². The molecule has 2 rings (SSSR count). The maximum Gasteiger partial charge on any atom is 0.122 e. The molecule has 19 heavy (non-hydrogen) atoms. The van der Waals surface area contributed by atoms with E-state index in [0.717, 1.165) is 25.2 Å². The molecule has 1 atom stereocenters. The Kier molecular flexibility index (Phi) is 5.71. The molecule has 106 valence electrons. The number of hydrogen-bond donors (Lipinski definition) is 0. The van der Waals surface area contributed by atoms with Gasteiger partial charge in [-0.25, -0.2) is 0 Å². The van der Waals surface area contributed by atoms with Crippen LogP contribution >= 0.6 is 0 Å². The first-order valence-electron chi connectivity index (χ1n) is 7.70. The Labute approximate surface area is 117 Å². The van der Waals surface area contributed by atoms with Gasteiger partial charge >= 0.3 is 0 Å². The summed E-state index contributed by atoms with van der Waals surface area (Å²) in [5.41, 5.74) is 2.85. The summed E-state index contributed by atoms with van der Waals surface area (Å²) in [4.78, 5) is 0. The quantitative estimate of drug-likeness (QED) is 0.492. The molecule has 0 bridgehead atoms. The van der Waals surface area contributed by atoms with Gasteiger partial charge in [0.05, 0.1) is 6.61 Å². The highest BCUT2D eigenvalue weighted by atomic mass is 16.6. The van der Waals surface area contributed by atoms with E-state index in [1.165, 1.54) is 36.8 Å². The zero-order chi connectivity index (χ0) is 13.5. The minimum atomic E-state index is 0.332. The second-order valence-corrected chi connectivity index (χ2v) is 5.32. The summed E-state index contributed by atoms with van der Waals surface area (Å²) in [5, 5.41) is 0. The van der Waals surface area contributed by atoms with Crippen LogP contribution in [0.3, 0.4) is 0 Å². The van der Waals surface area contributed by atoms with Crippen LogP contribution in [0.1, 0.15) is 50.7 Å². The smallest absolute Gasteiger partial charge is 0.122 e. The minimum absolute atomic E-state index is 0.332. The molecule has 0 aliphatic carbocycles. The lowest BCUT2D eigenvalue weighted by Gasteiger charge is -2.14. The van der Waals surface area contributed by atoms with E-state index in [1.54, 1.807) is 0 Å². The van der Waals surface area contributed by atoms with Crippen LogP contribution in [0.5, 0.6) is 5.75 Å². The van der Waals surface area contributed by atoms with Crippen molar-refractivity contribution in [2.75, 3.05) is 13.2 Å². The van der Waals surface area contributed by atoms with Crippen molar-refractivity contribution in [1.82, 2.24) is 0 Å². The number of ether oxygens (including phenoxy) is 2. The molecule has 1 unspecified atom stereocenters. The fourth-order valence-electron chi connectivity index (χ4n) is 2.44. The molecule has 0 radical (unpaired) electrons. The molecule has 1 saturated heterocycles. The van der Waals surface area contributed by atoms with Crippen LogP contribution in [0.4, 0.5) is 0 Å². The second-order valence-electron chi connectivity index (χ2n) is 5.32. The fraction of sp³-hybridized carbons (Fsp3) is 0.647. The number of benzene rings is 1. The summed E-state index contributed by atoms with van der Waals surface area (Å²) in [6.45, 7) is 6.04. The lowest BCUT2D eigenvalue weighted by Crippen LogP contribution is -2.07. The number of epoxide rings is 1. The Morgan fingerprint density at radius 2 is 2.05 bits per heavy atom. The van der Waals surface area contributed by atoms with Crippen LogP contribution in [-0.4, -0.2) is 19.3 Å². The average molecular weight is 262 g/mol. The molecule has 2 nitrogen and oxygen atoms in total. The molecule has 0 spiro atoms. The van der Waals surface area contributed by atoms with Crippen molar-refractivity contribution >= 4 is 0 Å². The normalized spacial score (nSPS) is 17.5. The molecule has 1 fully saturated rings. The zero-order valence-electron chi connectivity index (χ0n) is 12.3. The van der Waals surface area contributed by atoms with Gasteiger partial charge in [-0.1, -0.05) is 45.2 Å². The second kappa shape index (κ2) is 7.54. The lowest BCUT2D eigenvalue weighted by atomic mass is 9.98. The van der Waals surface area contributed by atoms with Crippen molar-refractivity contribution < 1.29 is 9.47 Å². The van der Waals surface area contributed by atoms with Gasteiger partial charge in [0.2, 0.25) is 0 Å². The van der Waals surface area contributed by atoms with E-state index in [0.29, 0.717) is 12.7 Å². The minimum Gasteiger partial charge on any atom is -0.490 e. The van der Waals surface area contributed by atoms with Gasteiger partial charge in [-0.15, -0.1) is 0 Å². The third kappa shape index (κ3) is 4.54. The number of unbranched alkanes of at least 4 members (excludes halogenated alkanes) is 3. The summed E-state index contributed by atoms with van der Waals surface area (Å²) in [6, 6.07) is 6.45. The monoisotopic (exact) mass is 262 g/mol. The van der Waals surface area contributed by atoms with Crippen molar-refractivity contribution in [1.29, 1.82) is 0 Å². The van der Waals surface area contributed by atoms with Gasteiger partial charge in [-0.05, 0) is 36.5 Å². The van der Waals surface area contributed by atoms with Gasteiger partial charge in [-0.2, -0.15) is 0 Å². The van der Waals surface area contributed by atoms with Gasteiger partial charge in [0.15, 0.2) is 0 Å². The molecule has 1 aromatic carbocycles. The topological polar surface area (TPSA) is 21.8 Å². The van der Waals surface area contributed by atoms with Crippen molar-refractivity contribution in [2.45, 2.75) is 58.5 Å². The number of rotatable bonds is 9. The van der Waals surface area contributed by atoms with Crippen molar-refractivity contribution in [3.63, 3.8) is 0 Å². The van der Waals surface area contributed by atoms with E-state index in [4.69, 9.17) is 9.47 Å². The van der Waals surface area contributed by atoms with Crippen molar-refractivity contribution in [3.05, 3.63) is 29.3 Å². The van der Waals surface area contributed by atoms with Crippen LogP contribution in [0.15, 0.2) is 18.2 Å². The van der Waals surface area contributed by atoms with E-state index < -0.39 is 0 Å². The first-order chi connectivity index (χ1) is 9.35. The molecule has 0 saturated carbocycles. The van der Waals surface area contributed by atoms with E-state index in [1.807, 2.05) is 0 Å². The van der Waals surface area contributed by atoms with Gasteiger partial charge < -0.3 is 9.47 Å². The largest absolute Gasteiger partial charge is 0.490 e. The van der Waals surface area contributed by atoms with Crippen LogP contribution < -0.4 is 4.74 Å². The van der Waals surface area contributed by atoms with Crippen LogP contribution in [0.25, 0.3) is 0 Å². The molecular formula is C17H26O2. The van der Waals surface area contributed by atoms with E-state index in [-0.39, 0.29) is 0 Å². The maximum atomic E-state index is 5.94. The highest BCUT2D eigenvalue weighted by Gasteiger charge is 2.23. The average Bonchev–Trinajstić information content (AvgIpc) is 3.26. The summed E-state index contributed by atoms with van der Waals surface area (Å²) in [6.07, 6.45) is 7.77. The van der Waals surface area contributed by atoms with Crippen LogP contribution in [-0.2, 0) is 17.6 Å². The van der Waals surface area contributed by atoms with Gasteiger partial charge in [0.25, 0.3) is 0 Å². The molecule has 0 N–H and O–H groups in total. The Balaban J connectivity index is 1.97. The number of hydrogen-bond acceptors (Lipinski definition) is 2. The van der Waals surface area contributed by atoms with Gasteiger partial charge in [0.1, 0.15) is 18.5 Å². The zero-order valence-corrected chi connectivity index (χ0v) is 12.3. The molecule has 1 aliphatic rings. The molecule has 1 heterocycles. The molecule has 1 aliphatic heterocycles. The van der Waals surface area contributed by atoms with Gasteiger partial charge in [-0.3, -0.25) is 0 Å². The Bertz CT molecular complexity index is 383. The summed E-state index contributed by atoms with van der Waals surface area (Å²) in [5.74, 6) is 1.08. The van der Waals surface area contributed by atoms with Crippen molar-refractivity contribution in [3.8, 4) is 5.75 Å². The highest BCUT2D eigenvalue weighted by Crippen LogP contribution is 2.26. The molecular weight excluding hydrogens is 236 g/mol. The summed E-state index contributed by atoms with van der Waals surface area (Å²) in [7, 11) is 0. The maximum absolute atomic E-state index is 5.94. The Hall–Kier alpha value is -1.02. The third-order valence-corrected chi connectivity index (χ3v) is 3.72. The predicted octanol–water partition coefficient (Wildman–Crippen LogP) is 4.15. The first kappa shape index (κ1) is 14.4. The summed E-state index contributed by atoms with van der Waals surface area (Å²) < 4.78 is 11.2. The Morgan fingerprint density at radius 3 is 2.74 bits per heavy atom. The third-order valence-electron chi connectivity index (χ3n) is 3.72. The SMILES string of the molecule is CCCCCCc1c(CC)cccc1OCC1CO1. The van der Waals surface area contributed by atoms with E-state index in [9.17, 15) is 0 Å². The number of aryl methyl sites for hydroxylation is 1. The molecule has 2 heteroatoms. The highest BCUT2D eigenvalue weighted by molar-refractivity contribution is 5.40. The lowest BCUT2D eigenvalue weighted by molar-refractivity contribution is 0.260. The Morgan fingerprint density at radius 1 is 1.21 bits per heavy atom. The van der Waals surface area contributed by atoms with Gasteiger partial charge in [0, 0.05) is 0 Å². The van der Waals surface area contributed by atoms with Crippen LogP contribution in [0.2, 0.25) is 0 Å². The molecule has 0 aromatic heterocycles. The standard InChI is InChI=1S/C17H26O2/c1-3-5-6-7-10-16-14(4-2)9-8-11-17(16)19-13-15-12-18-15/h8-9,11,15H,3-7,10,12-13H2,1-2H3. The molecule has 0 amide bonds. The molecule has 1 aromatic rings. The predicted molar refractivity (Wildman–Crippen MR) is 78.9 cm³/mol. The van der Waals surface area contributed by atoms with E-state index in [2.05, 4.69) is 32.0 Å². The van der Waals surface area contributed by atoms with Crippen molar-refractivity contribution in [2.24, 2.45) is 0 Å².